The highest BCUT2D eigenvalue weighted by Gasteiger charge is 2.42. The van der Waals surface area contributed by atoms with Crippen molar-refractivity contribution >= 4 is 0 Å². The summed E-state index contributed by atoms with van der Waals surface area (Å²) in [6, 6.07) is 1.57. The Bertz CT molecular complexity index is 251. The zero-order chi connectivity index (χ0) is 11.5. The van der Waals surface area contributed by atoms with E-state index in [9.17, 15) is 5.21 Å². The number of nitrogens with zero attached hydrogens (tertiary/aromatic N) is 2. The molecule has 1 fully saturated rings. The minimum absolute atomic E-state index is 0.0111. The smallest absolute Gasteiger partial charge is 0.202 e. The zero-order valence-electron chi connectivity index (χ0n) is 9.77. The molecule has 4 atom stereocenters. The van der Waals surface area contributed by atoms with Crippen molar-refractivity contribution in [1.82, 2.24) is 0 Å². The minimum atomic E-state index is -0.553. The molecule has 86 valence electrons. The molecule has 0 aliphatic carbocycles. The van der Waals surface area contributed by atoms with Crippen molar-refractivity contribution in [3.63, 3.8) is 0 Å². The highest BCUT2D eigenvalue weighted by Crippen LogP contribution is 2.27. The van der Waals surface area contributed by atoms with Crippen LogP contribution in [0.15, 0.2) is 0 Å². The van der Waals surface area contributed by atoms with Gasteiger partial charge in [-0.05, 0) is 19.8 Å². The fourth-order valence-electron chi connectivity index (χ4n) is 2.18. The molecular weight excluding hydrogens is 192 g/mol. The third-order valence-corrected chi connectivity index (χ3v) is 3.26. The molecule has 0 saturated carbocycles. The van der Waals surface area contributed by atoms with E-state index in [0.717, 1.165) is 12.8 Å². The Morgan fingerprint density at radius 3 is 2.47 bits per heavy atom. The minimum Gasteiger partial charge on any atom is -0.632 e. The number of quaternary nitrogens is 1. The van der Waals surface area contributed by atoms with Crippen molar-refractivity contribution in [1.29, 1.82) is 5.26 Å². The van der Waals surface area contributed by atoms with E-state index in [1.165, 1.54) is 0 Å². The second-order valence-corrected chi connectivity index (χ2v) is 4.14. The Morgan fingerprint density at radius 1 is 1.40 bits per heavy atom. The predicted molar refractivity (Wildman–Crippen MR) is 57.7 cm³/mol. The summed E-state index contributed by atoms with van der Waals surface area (Å²) in [6.07, 6.45) is 1.39. The lowest BCUT2D eigenvalue weighted by atomic mass is 10.0. The first-order valence-corrected chi connectivity index (χ1v) is 5.74. The van der Waals surface area contributed by atoms with Gasteiger partial charge in [-0.1, -0.05) is 13.8 Å². The van der Waals surface area contributed by atoms with Crippen LogP contribution < -0.4 is 0 Å². The van der Waals surface area contributed by atoms with Gasteiger partial charge >= 0.3 is 0 Å². The van der Waals surface area contributed by atoms with Crippen molar-refractivity contribution in [3.8, 4) is 6.07 Å². The molecule has 1 aliphatic rings. The van der Waals surface area contributed by atoms with Crippen LogP contribution in [0.1, 0.15) is 33.6 Å². The number of rotatable bonds is 3. The first-order chi connectivity index (χ1) is 7.11. The normalized spacial score (nSPS) is 41.1. The van der Waals surface area contributed by atoms with E-state index in [-0.39, 0.29) is 12.2 Å². The summed E-state index contributed by atoms with van der Waals surface area (Å²) in [7, 11) is 0. The van der Waals surface area contributed by atoms with Gasteiger partial charge in [0.25, 0.3) is 0 Å². The van der Waals surface area contributed by atoms with Crippen molar-refractivity contribution in [2.45, 2.75) is 51.9 Å². The lowest BCUT2D eigenvalue weighted by Crippen LogP contribution is -2.63. The second kappa shape index (κ2) is 4.93. The monoisotopic (exact) mass is 212 g/mol. The van der Waals surface area contributed by atoms with Gasteiger partial charge in [0.1, 0.15) is 24.8 Å². The molecule has 0 radical (unpaired) electrons. The summed E-state index contributed by atoms with van der Waals surface area (Å²) in [5.74, 6) is 0. The number of hydrogen-bond acceptors (Lipinski definition) is 3. The van der Waals surface area contributed by atoms with Gasteiger partial charge in [-0.2, -0.15) is 5.26 Å². The van der Waals surface area contributed by atoms with Gasteiger partial charge < -0.3 is 14.6 Å². The molecule has 0 amide bonds. The maximum atomic E-state index is 12.4. The van der Waals surface area contributed by atoms with Gasteiger partial charge in [-0.3, -0.25) is 0 Å². The van der Waals surface area contributed by atoms with E-state index < -0.39 is 10.7 Å². The van der Waals surface area contributed by atoms with Crippen LogP contribution in [0, 0.1) is 16.5 Å². The van der Waals surface area contributed by atoms with E-state index >= 15 is 0 Å². The second-order valence-electron chi connectivity index (χ2n) is 4.14. The molecule has 0 aromatic carbocycles. The molecule has 1 aliphatic heterocycles. The number of hydrogen-bond donors (Lipinski definition) is 0. The van der Waals surface area contributed by atoms with E-state index in [1.807, 2.05) is 20.8 Å². The fourth-order valence-corrected chi connectivity index (χ4v) is 2.18. The van der Waals surface area contributed by atoms with Gasteiger partial charge in [0.15, 0.2) is 0 Å². The SMILES string of the molecule is CCC1C[N+]([O-])(CC)C(C#N)C(CC)O1. The Kier molecular flexibility index (Phi) is 4.09. The maximum Gasteiger partial charge on any atom is 0.202 e. The lowest BCUT2D eigenvalue weighted by molar-refractivity contribution is -0.911. The Balaban J connectivity index is 2.88. The Morgan fingerprint density at radius 2 is 2.07 bits per heavy atom. The number of nitriles is 1. The molecule has 1 saturated heterocycles. The van der Waals surface area contributed by atoms with Crippen LogP contribution in [0.2, 0.25) is 0 Å². The quantitative estimate of drug-likeness (QED) is 0.529. The molecule has 4 nitrogen and oxygen atoms in total. The average molecular weight is 212 g/mol. The van der Waals surface area contributed by atoms with Crippen LogP contribution in [0.3, 0.4) is 0 Å². The van der Waals surface area contributed by atoms with Gasteiger partial charge in [-0.15, -0.1) is 0 Å². The number of morpholine rings is 1. The number of likely N-dealkylation sites (N-methyl/N-ethyl adjacent to an activating group) is 1. The van der Waals surface area contributed by atoms with Gasteiger partial charge in [0.2, 0.25) is 6.04 Å². The standard InChI is InChI=1S/C11H20N2O2/c1-4-9-8-13(14,6-3)10(7-12)11(5-2)15-9/h9-11H,4-6,8H2,1-3H3. The summed E-state index contributed by atoms with van der Waals surface area (Å²) in [6.45, 7) is 6.70. The summed E-state index contributed by atoms with van der Waals surface area (Å²) in [4.78, 5) is 0. The molecule has 0 aromatic heterocycles. The Hall–Kier alpha value is -0.630. The summed E-state index contributed by atoms with van der Waals surface area (Å²) in [5, 5.41) is 21.5. The molecule has 0 bridgehead atoms. The van der Waals surface area contributed by atoms with Crippen LogP contribution >= 0.6 is 0 Å². The average Bonchev–Trinajstić information content (AvgIpc) is 2.27. The summed E-state index contributed by atoms with van der Waals surface area (Å²) in [5.41, 5.74) is 0. The van der Waals surface area contributed by atoms with Crippen LogP contribution in [0.5, 0.6) is 0 Å². The third-order valence-electron chi connectivity index (χ3n) is 3.26. The van der Waals surface area contributed by atoms with Crippen LogP contribution in [0.4, 0.5) is 0 Å². The van der Waals surface area contributed by atoms with E-state index in [0.29, 0.717) is 13.1 Å². The first kappa shape index (κ1) is 12.4. The molecule has 4 unspecified atom stereocenters. The highest BCUT2D eigenvalue weighted by molar-refractivity contribution is 4.94. The van der Waals surface area contributed by atoms with Crippen molar-refractivity contribution in [2.24, 2.45) is 0 Å². The molecule has 1 heterocycles. The first-order valence-electron chi connectivity index (χ1n) is 5.74. The molecule has 0 aromatic rings. The van der Waals surface area contributed by atoms with E-state index in [4.69, 9.17) is 10.00 Å². The number of ether oxygens (including phenoxy) is 1. The van der Waals surface area contributed by atoms with Crippen molar-refractivity contribution in [3.05, 3.63) is 5.21 Å². The van der Waals surface area contributed by atoms with E-state index in [2.05, 4.69) is 6.07 Å². The summed E-state index contributed by atoms with van der Waals surface area (Å²) < 4.78 is 5.34. The molecule has 15 heavy (non-hydrogen) atoms. The largest absolute Gasteiger partial charge is 0.632 e. The van der Waals surface area contributed by atoms with Gasteiger partial charge in [0.05, 0.1) is 6.54 Å². The van der Waals surface area contributed by atoms with Crippen LogP contribution in [0.25, 0.3) is 0 Å². The van der Waals surface area contributed by atoms with Gasteiger partial charge in [-0.25, -0.2) is 0 Å². The summed E-state index contributed by atoms with van der Waals surface area (Å²) >= 11 is 0. The predicted octanol–water partition coefficient (Wildman–Crippen LogP) is 1.80. The third kappa shape index (κ3) is 2.31. The van der Waals surface area contributed by atoms with Crippen molar-refractivity contribution in [2.75, 3.05) is 13.1 Å². The molecule has 4 heteroatoms. The van der Waals surface area contributed by atoms with Gasteiger partial charge in [0, 0.05) is 0 Å². The number of hydroxylamine groups is 3. The molecule has 0 spiro atoms. The maximum absolute atomic E-state index is 12.4. The molecule has 1 rings (SSSR count). The topological polar surface area (TPSA) is 56.1 Å². The van der Waals surface area contributed by atoms with E-state index in [1.54, 1.807) is 0 Å². The lowest BCUT2D eigenvalue weighted by Gasteiger charge is -2.52. The molecular formula is C11H20N2O2. The fraction of sp³-hybridized carbons (Fsp3) is 0.909. The van der Waals surface area contributed by atoms with Crippen LogP contribution in [-0.2, 0) is 4.74 Å². The molecule has 0 N–H and O–H groups in total. The zero-order valence-corrected chi connectivity index (χ0v) is 9.77. The van der Waals surface area contributed by atoms with Crippen LogP contribution in [-0.4, -0.2) is 36.0 Å². The Labute approximate surface area is 91.6 Å². The van der Waals surface area contributed by atoms with Crippen molar-refractivity contribution < 1.29 is 9.38 Å². The highest BCUT2D eigenvalue weighted by atomic mass is 16.6.